The van der Waals surface area contributed by atoms with Crippen molar-refractivity contribution < 1.29 is 4.79 Å². The molecule has 0 aliphatic heterocycles. The molecule has 3 rings (SSSR count). The van der Waals surface area contributed by atoms with E-state index in [1.807, 2.05) is 43.3 Å². The van der Waals surface area contributed by atoms with E-state index >= 15 is 0 Å². The quantitative estimate of drug-likeness (QED) is 0.775. The standard InChI is InChI=1S/C18H17ClN4O/c1-13(22-18(24)10-14-2-6-16(19)7-3-14)15-4-8-17(9-5-15)23-12-20-11-21-23/h2-9,11-13H,10H2,1H3,(H,22,24)/t13-/m1/s1. The molecule has 1 atom stereocenters. The van der Waals surface area contributed by atoms with Gasteiger partial charge in [-0.2, -0.15) is 5.10 Å². The van der Waals surface area contributed by atoms with Crippen LogP contribution in [0.5, 0.6) is 0 Å². The lowest BCUT2D eigenvalue weighted by Gasteiger charge is -2.15. The van der Waals surface area contributed by atoms with E-state index < -0.39 is 0 Å². The molecule has 1 aromatic heterocycles. The SMILES string of the molecule is C[C@@H](NC(=O)Cc1ccc(Cl)cc1)c1ccc(-n2cncn2)cc1. The van der Waals surface area contributed by atoms with Crippen molar-refractivity contribution in [3.05, 3.63) is 77.3 Å². The number of benzene rings is 2. The first kappa shape index (κ1) is 16.2. The Hall–Kier alpha value is -2.66. The summed E-state index contributed by atoms with van der Waals surface area (Å²) >= 11 is 5.85. The normalized spacial score (nSPS) is 11.9. The van der Waals surface area contributed by atoms with E-state index in [0.717, 1.165) is 16.8 Å². The number of halogens is 1. The molecular formula is C18H17ClN4O. The predicted octanol–water partition coefficient (Wildman–Crippen LogP) is 3.34. The van der Waals surface area contributed by atoms with Crippen molar-refractivity contribution in [2.75, 3.05) is 0 Å². The predicted molar refractivity (Wildman–Crippen MR) is 93.1 cm³/mol. The van der Waals surface area contributed by atoms with E-state index in [9.17, 15) is 4.79 Å². The van der Waals surface area contributed by atoms with Gasteiger partial charge in [0.2, 0.25) is 5.91 Å². The first-order valence-corrected chi connectivity index (χ1v) is 7.98. The molecule has 6 heteroatoms. The van der Waals surface area contributed by atoms with Crippen LogP contribution >= 0.6 is 11.6 Å². The number of nitrogens with zero attached hydrogens (tertiary/aromatic N) is 3. The Morgan fingerprint density at radius 3 is 2.50 bits per heavy atom. The monoisotopic (exact) mass is 340 g/mol. The van der Waals surface area contributed by atoms with Gasteiger partial charge in [-0.1, -0.05) is 35.9 Å². The summed E-state index contributed by atoms with van der Waals surface area (Å²) < 4.78 is 1.69. The number of rotatable bonds is 5. The van der Waals surface area contributed by atoms with Gasteiger partial charge in [0.1, 0.15) is 12.7 Å². The van der Waals surface area contributed by atoms with Crippen LogP contribution in [-0.4, -0.2) is 20.7 Å². The average molecular weight is 341 g/mol. The number of hydrogen-bond acceptors (Lipinski definition) is 3. The highest BCUT2D eigenvalue weighted by atomic mass is 35.5. The summed E-state index contributed by atoms with van der Waals surface area (Å²) in [7, 11) is 0. The fourth-order valence-corrected chi connectivity index (χ4v) is 2.55. The van der Waals surface area contributed by atoms with E-state index in [1.54, 1.807) is 23.1 Å². The van der Waals surface area contributed by atoms with Crippen molar-refractivity contribution in [3.63, 3.8) is 0 Å². The van der Waals surface area contributed by atoms with Crippen molar-refractivity contribution in [2.24, 2.45) is 0 Å². The van der Waals surface area contributed by atoms with Crippen LogP contribution < -0.4 is 5.32 Å². The topological polar surface area (TPSA) is 59.8 Å². The Balaban J connectivity index is 1.60. The van der Waals surface area contributed by atoms with Crippen LogP contribution in [0.25, 0.3) is 5.69 Å². The van der Waals surface area contributed by atoms with Crippen LogP contribution in [-0.2, 0) is 11.2 Å². The van der Waals surface area contributed by atoms with E-state index in [-0.39, 0.29) is 11.9 Å². The number of amides is 1. The smallest absolute Gasteiger partial charge is 0.224 e. The number of carbonyl (C=O) groups is 1. The molecule has 0 spiro atoms. The highest BCUT2D eigenvalue weighted by Gasteiger charge is 2.10. The molecule has 0 unspecified atom stereocenters. The van der Waals surface area contributed by atoms with Gasteiger partial charge in [0.05, 0.1) is 18.2 Å². The second kappa shape index (κ2) is 7.27. The maximum Gasteiger partial charge on any atom is 0.224 e. The highest BCUT2D eigenvalue weighted by Crippen LogP contribution is 2.16. The summed E-state index contributed by atoms with van der Waals surface area (Å²) in [5.74, 6) is -0.0230. The Morgan fingerprint density at radius 2 is 1.88 bits per heavy atom. The lowest BCUT2D eigenvalue weighted by molar-refractivity contribution is -0.121. The van der Waals surface area contributed by atoms with Crippen LogP contribution in [0.2, 0.25) is 5.02 Å². The maximum atomic E-state index is 12.2. The molecule has 24 heavy (non-hydrogen) atoms. The van der Waals surface area contributed by atoms with Crippen molar-refractivity contribution >= 4 is 17.5 Å². The van der Waals surface area contributed by atoms with E-state index in [4.69, 9.17) is 11.6 Å². The van der Waals surface area contributed by atoms with Gasteiger partial charge in [0.15, 0.2) is 0 Å². The molecule has 0 bridgehead atoms. The Bertz CT molecular complexity index is 798. The zero-order valence-corrected chi connectivity index (χ0v) is 13.9. The number of aromatic nitrogens is 3. The summed E-state index contributed by atoms with van der Waals surface area (Å²) in [6.07, 6.45) is 3.47. The Kier molecular flexibility index (Phi) is 4.91. The molecule has 1 heterocycles. The van der Waals surface area contributed by atoms with Crippen molar-refractivity contribution in [3.8, 4) is 5.69 Å². The van der Waals surface area contributed by atoms with E-state index in [1.165, 1.54) is 6.33 Å². The Morgan fingerprint density at radius 1 is 1.17 bits per heavy atom. The van der Waals surface area contributed by atoms with Gasteiger partial charge in [-0.05, 0) is 42.3 Å². The van der Waals surface area contributed by atoms with Crippen molar-refractivity contribution in [1.29, 1.82) is 0 Å². The molecule has 1 amide bonds. The van der Waals surface area contributed by atoms with Crippen LogP contribution in [0.1, 0.15) is 24.1 Å². The number of hydrogen-bond donors (Lipinski definition) is 1. The van der Waals surface area contributed by atoms with Gasteiger partial charge in [-0.25, -0.2) is 9.67 Å². The summed E-state index contributed by atoms with van der Waals surface area (Å²) in [5, 5.41) is 7.76. The van der Waals surface area contributed by atoms with Crippen LogP contribution in [0.4, 0.5) is 0 Å². The second-order valence-electron chi connectivity index (χ2n) is 5.52. The van der Waals surface area contributed by atoms with Crippen molar-refractivity contribution in [1.82, 2.24) is 20.1 Å². The molecule has 0 saturated carbocycles. The largest absolute Gasteiger partial charge is 0.349 e. The maximum absolute atomic E-state index is 12.2. The number of carbonyl (C=O) groups excluding carboxylic acids is 1. The van der Waals surface area contributed by atoms with Crippen LogP contribution in [0.3, 0.4) is 0 Å². The highest BCUT2D eigenvalue weighted by molar-refractivity contribution is 6.30. The van der Waals surface area contributed by atoms with Gasteiger partial charge in [0, 0.05) is 5.02 Å². The lowest BCUT2D eigenvalue weighted by atomic mass is 10.1. The minimum absolute atomic E-state index is 0.0230. The fraction of sp³-hybridized carbons (Fsp3) is 0.167. The fourth-order valence-electron chi connectivity index (χ4n) is 2.42. The summed E-state index contributed by atoms with van der Waals surface area (Å²) in [4.78, 5) is 16.1. The molecule has 0 radical (unpaired) electrons. The molecule has 3 aromatic rings. The molecule has 0 aliphatic carbocycles. The Labute approximate surface area is 145 Å². The van der Waals surface area contributed by atoms with Crippen LogP contribution in [0, 0.1) is 0 Å². The molecule has 1 N–H and O–H groups in total. The number of nitrogens with one attached hydrogen (secondary N) is 1. The molecule has 5 nitrogen and oxygen atoms in total. The molecule has 0 saturated heterocycles. The average Bonchev–Trinajstić information content (AvgIpc) is 3.11. The summed E-state index contributed by atoms with van der Waals surface area (Å²) in [5.41, 5.74) is 2.89. The van der Waals surface area contributed by atoms with Gasteiger partial charge in [0.25, 0.3) is 0 Å². The first-order chi connectivity index (χ1) is 11.6. The molecular weight excluding hydrogens is 324 g/mol. The summed E-state index contributed by atoms with van der Waals surface area (Å²) in [6, 6.07) is 15.1. The summed E-state index contributed by atoms with van der Waals surface area (Å²) in [6.45, 7) is 1.96. The zero-order valence-electron chi connectivity index (χ0n) is 13.2. The third-order valence-corrected chi connectivity index (χ3v) is 3.98. The van der Waals surface area contributed by atoms with E-state index in [0.29, 0.717) is 11.4 Å². The van der Waals surface area contributed by atoms with Gasteiger partial charge in [-0.15, -0.1) is 0 Å². The molecule has 0 fully saturated rings. The van der Waals surface area contributed by atoms with Gasteiger partial charge < -0.3 is 5.32 Å². The molecule has 0 aliphatic rings. The zero-order chi connectivity index (χ0) is 16.9. The van der Waals surface area contributed by atoms with Crippen molar-refractivity contribution in [2.45, 2.75) is 19.4 Å². The lowest BCUT2D eigenvalue weighted by Crippen LogP contribution is -2.28. The minimum Gasteiger partial charge on any atom is -0.349 e. The van der Waals surface area contributed by atoms with Gasteiger partial charge in [-0.3, -0.25) is 4.79 Å². The van der Waals surface area contributed by atoms with Gasteiger partial charge >= 0.3 is 0 Å². The first-order valence-electron chi connectivity index (χ1n) is 7.60. The minimum atomic E-state index is -0.0744. The molecule has 2 aromatic carbocycles. The third kappa shape index (κ3) is 4.00. The molecule has 122 valence electrons. The van der Waals surface area contributed by atoms with Crippen LogP contribution in [0.15, 0.2) is 61.2 Å². The third-order valence-electron chi connectivity index (χ3n) is 3.73. The van der Waals surface area contributed by atoms with E-state index in [2.05, 4.69) is 15.4 Å². The second-order valence-corrected chi connectivity index (χ2v) is 5.96.